The van der Waals surface area contributed by atoms with Gasteiger partial charge in [0.15, 0.2) is 0 Å². The second kappa shape index (κ2) is 8.08. The highest BCUT2D eigenvalue weighted by Crippen LogP contribution is 2.16. The van der Waals surface area contributed by atoms with Gasteiger partial charge in [-0.1, -0.05) is 13.8 Å². The molecule has 0 bridgehead atoms. The van der Waals surface area contributed by atoms with Crippen molar-refractivity contribution in [2.24, 2.45) is 0 Å². The van der Waals surface area contributed by atoms with Crippen LogP contribution in [0.2, 0.25) is 0 Å². The first-order chi connectivity index (χ1) is 9.85. The highest BCUT2D eigenvalue weighted by molar-refractivity contribution is 5.68. The molecule has 0 radical (unpaired) electrons. The molecule has 0 saturated heterocycles. The smallest absolute Gasteiger partial charge is 0.407 e. The minimum atomic E-state index is -0.476. The molecule has 2 atom stereocenters. The molecule has 2 unspecified atom stereocenters. The Morgan fingerprint density at radius 3 is 2.52 bits per heavy atom. The second-order valence-corrected chi connectivity index (χ2v) is 6.14. The van der Waals surface area contributed by atoms with Gasteiger partial charge in [0, 0.05) is 12.6 Å². The number of alkyl carbamates (subject to hydrolysis) is 1. The fourth-order valence-electron chi connectivity index (χ4n) is 1.99. The van der Waals surface area contributed by atoms with Crippen LogP contribution in [-0.2, 0) is 4.74 Å². The Labute approximate surface area is 127 Å². The summed E-state index contributed by atoms with van der Waals surface area (Å²) < 4.78 is 10.7. The third-order valence-electron chi connectivity index (χ3n) is 3.12. The van der Waals surface area contributed by atoms with Crippen LogP contribution in [0.5, 0.6) is 0 Å². The summed E-state index contributed by atoms with van der Waals surface area (Å²) >= 11 is 0. The maximum absolute atomic E-state index is 11.8. The van der Waals surface area contributed by atoms with Crippen LogP contribution in [0.1, 0.15) is 59.3 Å². The number of amides is 1. The van der Waals surface area contributed by atoms with Crippen molar-refractivity contribution in [3.05, 3.63) is 24.2 Å². The third-order valence-corrected chi connectivity index (χ3v) is 3.12. The molecule has 0 aliphatic heterocycles. The summed E-state index contributed by atoms with van der Waals surface area (Å²) in [5, 5.41) is 6.32. The van der Waals surface area contributed by atoms with Crippen LogP contribution in [-0.4, -0.2) is 24.3 Å². The fraction of sp³-hybridized carbons (Fsp3) is 0.688. The summed E-state index contributed by atoms with van der Waals surface area (Å²) in [6, 6.07) is 4.04. The van der Waals surface area contributed by atoms with E-state index in [1.807, 2.05) is 39.8 Å². The highest BCUT2D eigenvalue weighted by atomic mass is 16.6. The zero-order valence-corrected chi connectivity index (χ0v) is 13.7. The lowest BCUT2D eigenvalue weighted by Crippen LogP contribution is -2.44. The summed E-state index contributed by atoms with van der Waals surface area (Å²) in [4.78, 5) is 11.8. The van der Waals surface area contributed by atoms with E-state index in [-0.39, 0.29) is 18.2 Å². The average Bonchev–Trinajstić information content (AvgIpc) is 2.89. The number of carbonyl (C=O) groups is 1. The summed E-state index contributed by atoms with van der Waals surface area (Å²) in [6.07, 6.45) is 3.06. The number of furan rings is 1. The SMILES string of the molecule is CCC(CNC(CC)c1ccco1)NC(=O)OC(C)(C)C. The molecule has 5 nitrogen and oxygen atoms in total. The highest BCUT2D eigenvalue weighted by Gasteiger charge is 2.20. The van der Waals surface area contributed by atoms with Gasteiger partial charge in [0.2, 0.25) is 0 Å². The van der Waals surface area contributed by atoms with Crippen molar-refractivity contribution in [1.82, 2.24) is 10.6 Å². The lowest BCUT2D eigenvalue weighted by Gasteiger charge is -2.24. The van der Waals surface area contributed by atoms with Crippen LogP contribution < -0.4 is 10.6 Å². The van der Waals surface area contributed by atoms with Crippen molar-refractivity contribution in [2.45, 2.75) is 65.1 Å². The van der Waals surface area contributed by atoms with E-state index >= 15 is 0 Å². The predicted octanol–water partition coefficient (Wildman–Crippen LogP) is 3.62. The van der Waals surface area contributed by atoms with Crippen molar-refractivity contribution in [2.75, 3.05) is 6.54 Å². The second-order valence-electron chi connectivity index (χ2n) is 6.14. The first-order valence-electron chi connectivity index (χ1n) is 7.62. The Morgan fingerprint density at radius 1 is 1.33 bits per heavy atom. The minimum Gasteiger partial charge on any atom is -0.468 e. The van der Waals surface area contributed by atoms with Crippen LogP contribution in [0.15, 0.2) is 22.8 Å². The molecule has 2 N–H and O–H groups in total. The number of hydrogen-bond acceptors (Lipinski definition) is 4. The zero-order valence-electron chi connectivity index (χ0n) is 13.7. The van der Waals surface area contributed by atoms with Crippen molar-refractivity contribution in [1.29, 1.82) is 0 Å². The summed E-state index contributed by atoms with van der Waals surface area (Å²) in [5.74, 6) is 0.921. The fourth-order valence-corrected chi connectivity index (χ4v) is 1.99. The quantitative estimate of drug-likeness (QED) is 0.806. The van der Waals surface area contributed by atoms with E-state index < -0.39 is 5.60 Å². The van der Waals surface area contributed by atoms with E-state index in [1.54, 1.807) is 6.26 Å². The van der Waals surface area contributed by atoms with Gasteiger partial charge in [-0.05, 0) is 45.7 Å². The van der Waals surface area contributed by atoms with Crippen LogP contribution >= 0.6 is 0 Å². The molecule has 1 aromatic heterocycles. The Morgan fingerprint density at radius 2 is 2.05 bits per heavy atom. The number of ether oxygens (including phenoxy) is 1. The zero-order chi connectivity index (χ0) is 15.9. The molecule has 1 aromatic rings. The molecule has 0 aliphatic carbocycles. The van der Waals surface area contributed by atoms with Crippen LogP contribution in [0, 0.1) is 0 Å². The topological polar surface area (TPSA) is 63.5 Å². The number of nitrogens with one attached hydrogen (secondary N) is 2. The van der Waals surface area contributed by atoms with E-state index in [0.29, 0.717) is 6.54 Å². The van der Waals surface area contributed by atoms with Gasteiger partial charge in [0.05, 0.1) is 12.3 Å². The molecule has 0 aliphatic rings. The molecule has 0 saturated carbocycles. The van der Waals surface area contributed by atoms with Gasteiger partial charge in [0.25, 0.3) is 0 Å². The Balaban J connectivity index is 2.45. The molecule has 21 heavy (non-hydrogen) atoms. The van der Waals surface area contributed by atoms with Crippen LogP contribution in [0.3, 0.4) is 0 Å². The molecule has 5 heteroatoms. The third kappa shape index (κ3) is 6.67. The lowest BCUT2D eigenvalue weighted by molar-refractivity contribution is 0.0501. The average molecular weight is 296 g/mol. The van der Waals surface area contributed by atoms with E-state index in [9.17, 15) is 4.79 Å². The van der Waals surface area contributed by atoms with Gasteiger partial charge >= 0.3 is 6.09 Å². The number of carbonyl (C=O) groups excluding carboxylic acids is 1. The van der Waals surface area contributed by atoms with Gasteiger partial charge in [-0.25, -0.2) is 4.79 Å². The van der Waals surface area contributed by atoms with Crippen molar-refractivity contribution < 1.29 is 13.9 Å². The van der Waals surface area contributed by atoms with Crippen molar-refractivity contribution in [3.63, 3.8) is 0 Å². The maximum Gasteiger partial charge on any atom is 0.407 e. The molecule has 0 aromatic carbocycles. The number of hydrogen-bond donors (Lipinski definition) is 2. The van der Waals surface area contributed by atoms with Gasteiger partial charge < -0.3 is 19.8 Å². The van der Waals surface area contributed by atoms with Gasteiger partial charge in [-0.3, -0.25) is 0 Å². The summed E-state index contributed by atoms with van der Waals surface area (Å²) in [7, 11) is 0. The van der Waals surface area contributed by atoms with Crippen LogP contribution in [0.25, 0.3) is 0 Å². The minimum absolute atomic E-state index is 0.0314. The maximum atomic E-state index is 11.8. The Bertz CT molecular complexity index is 410. The molecule has 120 valence electrons. The Hall–Kier alpha value is -1.49. The molecule has 0 fully saturated rings. The van der Waals surface area contributed by atoms with Gasteiger partial charge in [-0.15, -0.1) is 0 Å². The van der Waals surface area contributed by atoms with Gasteiger partial charge in [0.1, 0.15) is 11.4 Å². The van der Waals surface area contributed by atoms with E-state index in [4.69, 9.17) is 9.15 Å². The monoisotopic (exact) mass is 296 g/mol. The van der Waals surface area contributed by atoms with Gasteiger partial charge in [-0.2, -0.15) is 0 Å². The molecule has 1 rings (SSSR count). The first kappa shape index (κ1) is 17.6. The molecule has 1 amide bonds. The predicted molar refractivity (Wildman–Crippen MR) is 83.2 cm³/mol. The van der Waals surface area contributed by atoms with Crippen molar-refractivity contribution >= 4 is 6.09 Å². The summed E-state index contributed by atoms with van der Waals surface area (Å²) in [6.45, 7) is 10.4. The van der Waals surface area contributed by atoms with E-state index in [2.05, 4.69) is 17.6 Å². The normalized spacial score (nSPS) is 14.5. The standard InChI is InChI=1S/C16H28N2O3/c1-6-12(18-15(19)21-16(3,4)5)11-17-13(7-2)14-9-8-10-20-14/h8-10,12-13,17H,6-7,11H2,1-5H3,(H,18,19). The largest absolute Gasteiger partial charge is 0.468 e. The van der Waals surface area contributed by atoms with E-state index in [0.717, 1.165) is 18.6 Å². The molecular weight excluding hydrogens is 268 g/mol. The first-order valence-corrected chi connectivity index (χ1v) is 7.62. The lowest BCUT2D eigenvalue weighted by atomic mass is 10.1. The summed E-state index contributed by atoms with van der Waals surface area (Å²) in [5.41, 5.74) is -0.476. The Kier molecular flexibility index (Phi) is 6.75. The molecule has 1 heterocycles. The number of rotatable bonds is 7. The van der Waals surface area contributed by atoms with Crippen LogP contribution in [0.4, 0.5) is 4.79 Å². The van der Waals surface area contributed by atoms with E-state index in [1.165, 1.54) is 0 Å². The molecule has 0 spiro atoms. The molecular formula is C16H28N2O3. The van der Waals surface area contributed by atoms with Crippen molar-refractivity contribution in [3.8, 4) is 0 Å².